The number of aryl methyl sites for hydroxylation is 1. The van der Waals surface area contributed by atoms with E-state index in [1.54, 1.807) is 13.0 Å². The molecule has 2 aromatic carbocycles. The molecule has 160 valence electrons. The Balaban J connectivity index is 1.80. The summed E-state index contributed by atoms with van der Waals surface area (Å²) in [6.45, 7) is 3.50. The van der Waals surface area contributed by atoms with Gasteiger partial charge in [-0.05, 0) is 71.8 Å². The van der Waals surface area contributed by atoms with Crippen LogP contribution >= 0.6 is 22.6 Å². The minimum absolute atomic E-state index is 0.0890. The number of hydrogen-bond acceptors (Lipinski definition) is 5. The Kier molecular flexibility index (Phi) is 5.60. The lowest BCUT2D eigenvalue weighted by atomic mass is 10.1. The Morgan fingerprint density at radius 3 is 2.61 bits per heavy atom. The Bertz CT molecular complexity index is 1460. The van der Waals surface area contributed by atoms with E-state index in [9.17, 15) is 17.6 Å². The highest BCUT2D eigenvalue weighted by Crippen LogP contribution is 2.29. The first-order chi connectivity index (χ1) is 14.7. The second-order valence-corrected chi connectivity index (χ2v) is 9.78. The minimum Gasteiger partial charge on any atom is -0.408 e. The fourth-order valence-electron chi connectivity index (χ4n) is 3.43. The summed E-state index contributed by atoms with van der Waals surface area (Å²) in [5, 5.41) is 0. The molecule has 7 nitrogen and oxygen atoms in total. The molecule has 4 aromatic rings. The minimum atomic E-state index is -4.09. The number of sulfonamides is 1. The summed E-state index contributed by atoms with van der Waals surface area (Å²) in [4.78, 5) is 16.1. The molecular formula is C21H17FIN3O4S. The van der Waals surface area contributed by atoms with E-state index in [1.165, 1.54) is 22.8 Å². The van der Waals surface area contributed by atoms with E-state index < -0.39 is 21.7 Å². The Morgan fingerprint density at radius 1 is 1.16 bits per heavy atom. The van der Waals surface area contributed by atoms with Crippen molar-refractivity contribution in [3.8, 4) is 0 Å². The number of hydrogen-bond donors (Lipinski definition) is 1. The molecule has 0 fully saturated rings. The van der Waals surface area contributed by atoms with Crippen LogP contribution in [-0.4, -0.2) is 18.0 Å². The molecule has 0 aliphatic carbocycles. The van der Waals surface area contributed by atoms with E-state index in [-0.39, 0.29) is 22.3 Å². The largest absolute Gasteiger partial charge is 0.420 e. The van der Waals surface area contributed by atoms with Gasteiger partial charge >= 0.3 is 5.76 Å². The summed E-state index contributed by atoms with van der Waals surface area (Å²) in [6, 6.07) is 14.1. The first-order valence-corrected chi connectivity index (χ1v) is 11.8. The second-order valence-electron chi connectivity index (χ2n) is 6.97. The highest BCUT2D eigenvalue weighted by Gasteiger charge is 2.24. The van der Waals surface area contributed by atoms with Gasteiger partial charge in [-0.15, -0.1) is 0 Å². The van der Waals surface area contributed by atoms with Gasteiger partial charge in [0.2, 0.25) is 5.95 Å². The fourth-order valence-corrected chi connectivity index (χ4v) is 5.51. The summed E-state index contributed by atoms with van der Waals surface area (Å²) in [5.41, 5.74) is 1.97. The van der Waals surface area contributed by atoms with Gasteiger partial charge in [-0.1, -0.05) is 24.3 Å². The number of halogens is 2. The molecule has 0 saturated heterocycles. The van der Waals surface area contributed by atoms with Crippen LogP contribution < -0.4 is 10.5 Å². The van der Waals surface area contributed by atoms with Crippen LogP contribution in [-0.2, 0) is 10.0 Å². The fraction of sp³-hybridized carbons (Fsp3) is 0.143. The monoisotopic (exact) mass is 553 g/mol. The van der Waals surface area contributed by atoms with Crippen molar-refractivity contribution in [1.82, 2.24) is 9.55 Å². The average molecular weight is 553 g/mol. The molecule has 0 spiro atoms. The number of fused-ring (bicyclic) bond motifs is 1. The number of anilines is 1. The van der Waals surface area contributed by atoms with Gasteiger partial charge in [-0.2, -0.15) is 4.39 Å². The summed E-state index contributed by atoms with van der Waals surface area (Å²) in [6.07, 6.45) is 0. The predicted octanol–water partition coefficient (Wildman–Crippen LogP) is 4.45. The van der Waals surface area contributed by atoms with Gasteiger partial charge < -0.3 is 4.42 Å². The summed E-state index contributed by atoms with van der Waals surface area (Å²) in [5.74, 6) is -1.54. The lowest BCUT2D eigenvalue weighted by Gasteiger charge is -2.15. The number of aromatic nitrogens is 2. The second kappa shape index (κ2) is 8.08. The van der Waals surface area contributed by atoms with Crippen LogP contribution in [0, 0.1) is 16.4 Å². The molecular weight excluding hydrogens is 536 g/mol. The Labute approximate surface area is 191 Å². The molecule has 31 heavy (non-hydrogen) atoms. The van der Waals surface area contributed by atoms with Crippen molar-refractivity contribution in [1.29, 1.82) is 0 Å². The number of rotatable bonds is 5. The summed E-state index contributed by atoms with van der Waals surface area (Å²) < 4.78 is 49.2. The van der Waals surface area contributed by atoms with Crippen LogP contribution in [0.2, 0.25) is 0 Å². The van der Waals surface area contributed by atoms with E-state index in [2.05, 4.69) is 32.3 Å². The van der Waals surface area contributed by atoms with Gasteiger partial charge in [0.05, 0.1) is 16.5 Å². The molecule has 0 aliphatic heterocycles. The maximum absolute atomic E-state index is 13.3. The van der Waals surface area contributed by atoms with Crippen molar-refractivity contribution in [3.63, 3.8) is 0 Å². The smallest absolute Gasteiger partial charge is 0.408 e. The van der Waals surface area contributed by atoms with Crippen LogP contribution in [0.25, 0.3) is 11.1 Å². The zero-order chi connectivity index (χ0) is 22.3. The third-order valence-electron chi connectivity index (χ3n) is 4.90. The van der Waals surface area contributed by atoms with Crippen molar-refractivity contribution < 1.29 is 17.2 Å². The van der Waals surface area contributed by atoms with Gasteiger partial charge in [0.25, 0.3) is 10.0 Å². The molecule has 0 saturated carbocycles. The molecule has 1 N–H and O–H groups in total. The Hall–Kier alpha value is -2.73. The highest BCUT2D eigenvalue weighted by molar-refractivity contribution is 14.1. The molecule has 0 unspecified atom stereocenters. The van der Waals surface area contributed by atoms with Crippen molar-refractivity contribution in [2.24, 2.45) is 0 Å². The molecule has 4 rings (SSSR count). The zero-order valence-electron chi connectivity index (χ0n) is 16.5. The summed E-state index contributed by atoms with van der Waals surface area (Å²) >= 11 is 2.20. The average Bonchev–Trinajstić information content (AvgIpc) is 3.01. The van der Waals surface area contributed by atoms with Gasteiger partial charge in [0, 0.05) is 9.64 Å². The van der Waals surface area contributed by atoms with Gasteiger partial charge in [0.1, 0.15) is 5.82 Å². The zero-order valence-corrected chi connectivity index (χ0v) is 19.4. The molecule has 0 amide bonds. The first-order valence-electron chi connectivity index (χ1n) is 9.23. The van der Waals surface area contributed by atoms with Crippen molar-refractivity contribution in [3.05, 3.63) is 85.8 Å². The number of pyridine rings is 1. The number of nitrogens with zero attached hydrogens (tertiary/aromatic N) is 2. The SMILES string of the molecule is Cc1cc2c(cc1S(=O)(=O)Nc1cccc(F)n1)oc(=O)n2[C@H](C)c1ccccc1I. The molecule has 0 aliphatic rings. The third kappa shape index (κ3) is 4.09. The molecule has 0 bridgehead atoms. The normalized spacial score (nSPS) is 12.8. The number of nitrogens with one attached hydrogen (secondary N) is 1. The molecule has 1 atom stereocenters. The van der Waals surface area contributed by atoms with Crippen molar-refractivity contribution in [2.75, 3.05) is 4.72 Å². The summed E-state index contributed by atoms with van der Waals surface area (Å²) in [7, 11) is -4.09. The predicted molar refractivity (Wildman–Crippen MR) is 123 cm³/mol. The van der Waals surface area contributed by atoms with E-state index in [4.69, 9.17) is 4.42 Å². The van der Waals surface area contributed by atoms with Crippen LogP contribution in [0.3, 0.4) is 0 Å². The first kappa shape index (κ1) is 21.5. The van der Waals surface area contributed by atoms with Crippen LogP contribution in [0.15, 0.2) is 68.7 Å². The van der Waals surface area contributed by atoms with Gasteiger partial charge in [-0.3, -0.25) is 9.29 Å². The lowest BCUT2D eigenvalue weighted by Crippen LogP contribution is -2.20. The molecule has 10 heteroatoms. The molecule has 2 aromatic heterocycles. The van der Waals surface area contributed by atoms with Crippen LogP contribution in [0.1, 0.15) is 24.1 Å². The molecule has 0 radical (unpaired) electrons. The van der Waals surface area contributed by atoms with E-state index in [1.807, 2.05) is 31.2 Å². The van der Waals surface area contributed by atoms with Gasteiger partial charge in [0.15, 0.2) is 5.58 Å². The van der Waals surface area contributed by atoms with E-state index in [0.717, 1.165) is 15.2 Å². The highest BCUT2D eigenvalue weighted by atomic mass is 127. The van der Waals surface area contributed by atoms with E-state index in [0.29, 0.717) is 11.1 Å². The Morgan fingerprint density at radius 2 is 1.90 bits per heavy atom. The van der Waals surface area contributed by atoms with Crippen molar-refractivity contribution >= 4 is 49.5 Å². The maximum atomic E-state index is 13.3. The molecule has 2 heterocycles. The standard InChI is InChI=1S/C21H17FIN3O4S/c1-12-10-16-17(11-18(12)31(28,29)25-20-9-5-8-19(22)24-20)30-21(27)26(16)13(2)14-6-3-4-7-15(14)23/h3-11,13H,1-2H3,(H,24,25)/t13-/m1/s1. The van der Waals surface area contributed by atoms with Crippen LogP contribution in [0.4, 0.5) is 10.2 Å². The number of oxazole rings is 1. The van der Waals surface area contributed by atoms with Crippen LogP contribution in [0.5, 0.6) is 0 Å². The third-order valence-corrected chi connectivity index (χ3v) is 7.38. The lowest BCUT2D eigenvalue weighted by molar-refractivity contribution is 0.489. The van der Waals surface area contributed by atoms with Gasteiger partial charge in [-0.25, -0.2) is 18.2 Å². The quantitative estimate of drug-likeness (QED) is 0.291. The topological polar surface area (TPSA) is 94.2 Å². The van der Waals surface area contributed by atoms with Crippen molar-refractivity contribution in [2.45, 2.75) is 24.8 Å². The number of benzene rings is 2. The van der Waals surface area contributed by atoms with E-state index >= 15 is 0 Å². The maximum Gasteiger partial charge on any atom is 0.420 e.